The van der Waals surface area contributed by atoms with E-state index in [1.54, 1.807) is 0 Å². The number of fused-ring (bicyclic) bond motifs is 1. The number of rotatable bonds is 1. The van der Waals surface area contributed by atoms with Crippen LogP contribution >= 0.6 is 0 Å². The molecule has 17 heavy (non-hydrogen) atoms. The molecule has 4 atom stereocenters. The summed E-state index contributed by atoms with van der Waals surface area (Å²) in [5.74, 6) is 0.574. The Morgan fingerprint density at radius 1 is 1.47 bits per heavy atom. The number of hydrogen-bond donors (Lipinski definition) is 0. The Labute approximate surface area is 104 Å². The summed E-state index contributed by atoms with van der Waals surface area (Å²) in [6.07, 6.45) is 7.03. The molecule has 0 unspecified atom stereocenters. The van der Waals surface area contributed by atoms with E-state index in [0.717, 1.165) is 12.8 Å². The van der Waals surface area contributed by atoms with Crippen molar-refractivity contribution in [1.29, 1.82) is 0 Å². The normalized spacial score (nSPS) is 48.5. The van der Waals surface area contributed by atoms with Gasteiger partial charge in [0, 0.05) is 5.41 Å². The molecule has 1 saturated heterocycles. The lowest BCUT2D eigenvalue weighted by Gasteiger charge is -2.59. The van der Waals surface area contributed by atoms with Crippen molar-refractivity contribution in [1.82, 2.24) is 0 Å². The van der Waals surface area contributed by atoms with Crippen LogP contribution in [0.25, 0.3) is 0 Å². The Hall–Kier alpha value is -0.600. The van der Waals surface area contributed by atoms with Gasteiger partial charge in [-0.05, 0) is 51.0 Å². The summed E-state index contributed by atoms with van der Waals surface area (Å²) in [5.41, 5.74) is 2.71. The zero-order chi connectivity index (χ0) is 12.3. The molecule has 0 radical (unpaired) electrons. The fourth-order valence-electron chi connectivity index (χ4n) is 4.04. The SMILES string of the molecule is C=C(C)[C@@H]1CC[C@]2(C)C[C@H]3C=C(C)[C@]2(C1)OO3. The van der Waals surface area contributed by atoms with E-state index in [9.17, 15) is 0 Å². The molecule has 1 saturated carbocycles. The minimum Gasteiger partial charge on any atom is -0.228 e. The Balaban J connectivity index is 2.01. The quantitative estimate of drug-likeness (QED) is 0.507. The van der Waals surface area contributed by atoms with Gasteiger partial charge in [-0.25, -0.2) is 9.78 Å². The van der Waals surface area contributed by atoms with E-state index < -0.39 is 0 Å². The van der Waals surface area contributed by atoms with Crippen LogP contribution in [0.5, 0.6) is 0 Å². The van der Waals surface area contributed by atoms with E-state index in [-0.39, 0.29) is 17.1 Å². The third kappa shape index (κ3) is 1.40. The molecule has 4 rings (SSSR count). The highest BCUT2D eigenvalue weighted by Crippen LogP contribution is 2.60. The summed E-state index contributed by atoms with van der Waals surface area (Å²) in [4.78, 5) is 11.3. The van der Waals surface area contributed by atoms with E-state index in [0.29, 0.717) is 5.92 Å². The third-order valence-corrected chi connectivity index (χ3v) is 5.29. The summed E-state index contributed by atoms with van der Waals surface area (Å²) >= 11 is 0. The molecule has 2 heterocycles. The van der Waals surface area contributed by atoms with Gasteiger partial charge in [-0.3, -0.25) is 0 Å². The van der Waals surface area contributed by atoms with Gasteiger partial charge in [0.25, 0.3) is 0 Å². The maximum absolute atomic E-state index is 5.85. The second-order valence-corrected chi connectivity index (χ2v) is 6.45. The summed E-state index contributed by atoms with van der Waals surface area (Å²) in [6, 6.07) is 0. The van der Waals surface area contributed by atoms with Crippen molar-refractivity contribution in [2.45, 2.75) is 58.2 Å². The third-order valence-electron chi connectivity index (χ3n) is 5.29. The van der Waals surface area contributed by atoms with Gasteiger partial charge in [-0.1, -0.05) is 25.2 Å². The summed E-state index contributed by atoms with van der Waals surface area (Å²) in [6.45, 7) is 10.8. The molecule has 4 aliphatic rings. The lowest BCUT2D eigenvalue weighted by Crippen LogP contribution is -2.61. The van der Waals surface area contributed by atoms with Gasteiger partial charge in [0.05, 0.1) is 0 Å². The first-order valence-electron chi connectivity index (χ1n) is 6.66. The fourth-order valence-corrected chi connectivity index (χ4v) is 4.04. The van der Waals surface area contributed by atoms with E-state index in [1.165, 1.54) is 24.0 Å². The Morgan fingerprint density at radius 2 is 2.24 bits per heavy atom. The smallest absolute Gasteiger partial charge is 0.130 e. The number of hydrogen-bond acceptors (Lipinski definition) is 2. The van der Waals surface area contributed by atoms with Crippen LogP contribution in [0.3, 0.4) is 0 Å². The first kappa shape index (κ1) is 11.5. The molecule has 94 valence electrons. The summed E-state index contributed by atoms with van der Waals surface area (Å²) < 4.78 is 0. The first-order chi connectivity index (χ1) is 7.97. The second-order valence-electron chi connectivity index (χ2n) is 6.45. The lowest BCUT2D eigenvalue weighted by molar-refractivity contribution is -0.437. The van der Waals surface area contributed by atoms with Crippen molar-refractivity contribution < 1.29 is 9.78 Å². The monoisotopic (exact) mass is 234 g/mol. The van der Waals surface area contributed by atoms with Crippen LogP contribution in [-0.2, 0) is 9.78 Å². The molecule has 0 N–H and O–H groups in total. The second kappa shape index (κ2) is 3.46. The van der Waals surface area contributed by atoms with Crippen LogP contribution in [0.15, 0.2) is 23.8 Å². The van der Waals surface area contributed by atoms with Crippen LogP contribution in [0.4, 0.5) is 0 Å². The molecule has 2 aliphatic carbocycles. The van der Waals surface area contributed by atoms with Gasteiger partial charge in [0.15, 0.2) is 0 Å². The zero-order valence-electron chi connectivity index (χ0n) is 11.1. The molecule has 2 aliphatic heterocycles. The predicted octanol–water partition coefficient (Wildman–Crippen LogP) is 3.79. The summed E-state index contributed by atoms with van der Waals surface area (Å²) in [7, 11) is 0. The molecule has 0 amide bonds. The number of allylic oxidation sites excluding steroid dienone is 1. The topological polar surface area (TPSA) is 18.5 Å². The largest absolute Gasteiger partial charge is 0.228 e. The molecule has 2 fully saturated rings. The zero-order valence-corrected chi connectivity index (χ0v) is 11.1. The van der Waals surface area contributed by atoms with E-state index in [1.807, 2.05) is 0 Å². The van der Waals surface area contributed by atoms with Gasteiger partial charge < -0.3 is 0 Å². The molecule has 0 aromatic heterocycles. The average molecular weight is 234 g/mol. The van der Waals surface area contributed by atoms with Gasteiger partial charge >= 0.3 is 0 Å². The standard InChI is InChI=1S/C15H22O2/c1-10(2)12-5-6-14(4)9-13-7-11(3)15(14,8-12)17-16-13/h7,12-13H,1,5-6,8-9H2,2-4H3/t12-,13-,14-,15+/m1/s1. The molecule has 2 heteroatoms. The van der Waals surface area contributed by atoms with Gasteiger partial charge in [-0.15, -0.1) is 0 Å². The maximum atomic E-state index is 5.85. The molecule has 2 nitrogen and oxygen atoms in total. The minimum atomic E-state index is -0.191. The first-order valence-corrected chi connectivity index (χ1v) is 6.66. The van der Waals surface area contributed by atoms with Crippen molar-refractivity contribution in [2.24, 2.45) is 11.3 Å². The van der Waals surface area contributed by atoms with Crippen LogP contribution in [0, 0.1) is 11.3 Å². The molecule has 0 aromatic rings. The van der Waals surface area contributed by atoms with Gasteiger partial charge in [0.1, 0.15) is 11.7 Å². The lowest BCUT2D eigenvalue weighted by atomic mass is 9.53. The van der Waals surface area contributed by atoms with Crippen molar-refractivity contribution in [3.05, 3.63) is 23.8 Å². The van der Waals surface area contributed by atoms with Crippen molar-refractivity contribution in [2.75, 3.05) is 0 Å². The Morgan fingerprint density at radius 3 is 2.88 bits per heavy atom. The van der Waals surface area contributed by atoms with Crippen molar-refractivity contribution in [3.63, 3.8) is 0 Å². The minimum absolute atomic E-state index is 0.170. The van der Waals surface area contributed by atoms with Crippen LogP contribution in [0.1, 0.15) is 46.5 Å². The Kier molecular flexibility index (Phi) is 2.34. The predicted molar refractivity (Wildman–Crippen MR) is 67.3 cm³/mol. The van der Waals surface area contributed by atoms with Crippen LogP contribution in [0.2, 0.25) is 0 Å². The van der Waals surface area contributed by atoms with E-state index in [2.05, 4.69) is 33.4 Å². The maximum Gasteiger partial charge on any atom is 0.130 e. The Bertz CT molecular complexity index is 398. The highest BCUT2D eigenvalue weighted by Gasteiger charge is 2.61. The van der Waals surface area contributed by atoms with E-state index in [4.69, 9.17) is 9.78 Å². The van der Waals surface area contributed by atoms with E-state index >= 15 is 0 Å². The molecule has 0 aromatic carbocycles. The van der Waals surface area contributed by atoms with Gasteiger partial charge in [0.2, 0.25) is 0 Å². The highest BCUT2D eigenvalue weighted by molar-refractivity contribution is 5.30. The fraction of sp³-hybridized carbons (Fsp3) is 0.733. The summed E-state index contributed by atoms with van der Waals surface area (Å²) in [5, 5.41) is 0. The van der Waals surface area contributed by atoms with Crippen LogP contribution in [-0.4, -0.2) is 11.7 Å². The highest BCUT2D eigenvalue weighted by atomic mass is 17.2. The van der Waals surface area contributed by atoms with Gasteiger partial charge in [-0.2, -0.15) is 0 Å². The van der Waals surface area contributed by atoms with Crippen molar-refractivity contribution >= 4 is 0 Å². The van der Waals surface area contributed by atoms with Crippen LogP contribution < -0.4 is 0 Å². The molecule has 1 spiro atoms. The molecule has 2 bridgehead atoms. The van der Waals surface area contributed by atoms with Crippen molar-refractivity contribution in [3.8, 4) is 0 Å². The average Bonchev–Trinajstić information content (AvgIpc) is 2.26. The molecular formula is C15H22O2. The molecular weight excluding hydrogens is 212 g/mol.